The Kier molecular flexibility index (Phi) is 13.3. The summed E-state index contributed by atoms with van der Waals surface area (Å²) >= 11 is 4.75. The van der Waals surface area contributed by atoms with E-state index < -0.39 is 0 Å². The van der Waals surface area contributed by atoms with E-state index in [2.05, 4.69) is 12.2 Å². The first kappa shape index (κ1) is 18.4. The lowest BCUT2D eigenvalue weighted by molar-refractivity contribution is -0.121. The van der Waals surface area contributed by atoms with Gasteiger partial charge in [0.15, 0.2) is 0 Å². The molecule has 0 atom stereocenters. The summed E-state index contributed by atoms with van der Waals surface area (Å²) in [5.41, 5.74) is 5.36. The molecule has 19 heavy (non-hydrogen) atoms. The number of hydrogen-bond acceptors (Lipinski definition) is 2. The summed E-state index contributed by atoms with van der Waals surface area (Å²) in [5.74, 6) is 0.124. The second-order valence-electron chi connectivity index (χ2n) is 5.14. The van der Waals surface area contributed by atoms with Gasteiger partial charge in [-0.2, -0.15) is 0 Å². The van der Waals surface area contributed by atoms with Crippen LogP contribution in [0, 0.1) is 0 Å². The van der Waals surface area contributed by atoms with Gasteiger partial charge in [0.25, 0.3) is 0 Å². The molecule has 0 aliphatic heterocycles. The highest BCUT2D eigenvalue weighted by molar-refractivity contribution is 7.80. The number of thiocarbonyl (C=S) groups is 1. The van der Waals surface area contributed by atoms with Crippen LogP contribution in [0.1, 0.15) is 77.6 Å². The lowest BCUT2D eigenvalue weighted by Crippen LogP contribution is -2.26. The molecule has 1 amide bonds. The molecule has 0 unspecified atom stereocenters. The third-order valence-corrected chi connectivity index (χ3v) is 3.41. The van der Waals surface area contributed by atoms with E-state index in [0.717, 1.165) is 12.8 Å². The van der Waals surface area contributed by atoms with Gasteiger partial charge < -0.3 is 11.1 Å². The highest BCUT2D eigenvalue weighted by atomic mass is 32.1. The van der Waals surface area contributed by atoms with Gasteiger partial charge in [-0.3, -0.25) is 4.79 Å². The molecule has 0 aromatic rings. The van der Waals surface area contributed by atoms with Crippen LogP contribution in [0.15, 0.2) is 0 Å². The number of carbonyl (C=O) groups is 1. The monoisotopic (exact) mass is 286 g/mol. The van der Waals surface area contributed by atoms with Crippen LogP contribution in [0.5, 0.6) is 0 Å². The highest BCUT2D eigenvalue weighted by Gasteiger charge is 2.00. The molecule has 0 spiro atoms. The molecule has 0 fully saturated rings. The van der Waals surface area contributed by atoms with Crippen molar-refractivity contribution in [2.75, 3.05) is 6.54 Å². The molecule has 112 valence electrons. The fourth-order valence-electron chi connectivity index (χ4n) is 2.01. The van der Waals surface area contributed by atoms with E-state index in [1.807, 2.05) is 0 Å². The molecule has 3 nitrogen and oxygen atoms in total. The van der Waals surface area contributed by atoms with Gasteiger partial charge in [-0.05, 0) is 6.42 Å². The number of nitrogens with two attached hydrogens (primary N) is 1. The molecular formula is C15H30N2OS. The van der Waals surface area contributed by atoms with E-state index in [-0.39, 0.29) is 5.91 Å². The average molecular weight is 286 g/mol. The molecule has 0 aromatic carbocycles. The van der Waals surface area contributed by atoms with Crippen molar-refractivity contribution in [3.05, 3.63) is 0 Å². The third kappa shape index (κ3) is 15.3. The van der Waals surface area contributed by atoms with Crippen molar-refractivity contribution in [1.82, 2.24) is 5.32 Å². The second kappa shape index (κ2) is 13.8. The van der Waals surface area contributed by atoms with Gasteiger partial charge in [-0.25, -0.2) is 0 Å². The molecule has 3 N–H and O–H groups in total. The molecule has 0 aliphatic carbocycles. The molecule has 0 aliphatic rings. The van der Waals surface area contributed by atoms with Crippen molar-refractivity contribution in [3.63, 3.8) is 0 Å². The maximum Gasteiger partial charge on any atom is 0.220 e. The van der Waals surface area contributed by atoms with Gasteiger partial charge in [-0.1, -0.05) is 70.5 Å². The topological polar surface area (TPSA) is 55.1 Å². The Balaban J connectivity index is 3.16. The van der Waals surface area contributed by atoms with E-state index in [9.17, 15) is 4.79 Å². The maximum atomic E-state index is 11.4. The first-order valence-electron chi connectivity index (χ1n) is 7.71. The first-order valence-corrected chi connectivity index (χ1v) is 8.12. The molecule has 0 saturated carbocycles. The summed E-state index contributed by atoms with van der Waals surface area (Å²) < 4.78 is 0. The van der Waals surface area contributed by atoms with Crippen molar-refractivity contribution in [1.29, 1.82) is 0 Å². The van der Waals surface area contributed by atoms with E-state index in [4.69, 9.17) is 18.0 Å². The molecular weight excluding hydrogens is 256 g/mol. The van der Waals surface area contributed by atoms with E-state index >= 15 is 0 Å². The van der Waals surface area contributed by atoms with Crippen LogP contribution in [0.3, 0.4) is 0 Å². The van der Waals surface area contributed by atoms with E-state index in [1.54, 1.807) is 0 Å². The van der Waals surface area contributed by atoms with Gasteiger partial charge in [-0.15, -0.1) is 0 Å². The Hall–Kier alpha value is -0.640. The van der Waals surface area contributed by atoms with Gasteiger partial charge in [0.2, 0.25) is 5.91 Å². The Morgan fingerprint density at radius 2 is 1.47 bits per heavy atom. The van der Waals surface area contributed by atoms with E-state index in [0.29, 0.717) is 24.4 Å². The Morgan fingerprint density at radius 3 is 2.00 bits per heavy atom. The van der Waals surface area contributed by atoms with Crippen LogP contribution in [-0.2, 0) is 4.79 Å². The minimum Gasteiger partial charge on any atom is -0.393 e. The van der Waals surface area contributed by atoms with E-state index in [1.165, 1.54) is 44.9 Å². The van der Waals surface area contributed by atoms with Gasteiger partial charge in [0.05, 0.1) is 4.99 Å². The fraction of sp³-hybridized carbons (Fsp3) is 0.867. The normalized spacial score (nSPS) is 10.4. The average Bonchev–Trinajstić information content (AvgIpc) is 2.36. The van der Waals surface area contributed by atoms with Crippen molar-refractivity contribution in [2.24, 2.45) is 5.73 Å². The minimum absolute atomic E-state index is 0.124. The van der Waals surface area contributed by atoms with Crippen LogP contribution >= 0.6 is 12.2 Å². The number of unbranched alkanes of at least 4 members (excludes halogenated alkanes) is 8. The zero-order chi connectivity index (χ0) is 14.3. The first-order chi connectivity index (χ1) is 9.16. The lowest BCUT2D eigenvalue weighted by Gasteiger charge is -2.04. The number of hydrogen-bond donors (Lipinski definition) is 2. The number of amides is 1. The SMILES string of the molecule is CCCCCCCCCCCC(=O)NCCC(N)=S. The number of rotatable bonds is 13. The van der Waals surface area contributed by atoms with Crippen molar-refractivity contribution in [3.8, 4) is 0 Å². The van der Waals surface area contributed by atoms with Crippen LogP contribution < -0.4 is 11.1 Å². The summed E-state index contributed by atoms with van der Waals surface area (Å²) in [7, 11) is 0. The highest BCUT2D eigenvalue weighted by Crippen LogP contribution is 2.10. The van der Waals surface area contributed by atoms with Crippen LogP contribution in [0.4, 0.5) is 0 Å². The van der Waals surface area contributed by atoms with Crippen LogP contribution in [0.25, 0.3) is 0 Å². The quantitative estimate of drug-likeness (QED) is 0.401. The second-order valence-corrected chi connectivity index (χ2v) is 5.67. The summed E-state index contributed by atoms with van der Waals surface area (Å²) in [5, 5.41) is 2.83. The summed E-state index contributed by atoms with van der Waals surface area (Å²) in [6, 6.07) is 0. The Labute approximate surface area is 123 Å². The maximum absolute atomic E-state index is 11.4. The Bertz CT molecular complexity index is 244. The van der Waals surface area contributed by atoms with Gasteiger partial charge in [0.1, 0.15) is 0 Å². The zero-order valence-corrected chi connectivity index (χ0v) is 13.2. The predicted molar refractivity (Wildman–Crippen MR) is 86.3 cm³/mol. The van der Waals surface area contributed by atoms with Crippen molar-refractivity contribution < 1.29 is 4.79 Å². The smallest absolute Gasteiger partial charge is 0.220 e. The summed E-state index contributed by atoms with van der Waals surface area (Å²) in [4.78, 5) is 11.9. The van der Waals surface area contributed by atoms with Crippen LogP contribution in [-0.4, -0.2) is 17.4 Å². The third-order valence-electron chi connectivity index (χ3n) is 3.20. The molecule has 0 heterocycles. The molecule has 0 saturated heterocycles. The van der Waals surface area contributed by atoms with Crippen LogP contribution in [0.2, 0.25) is 0 Å². The number of carbonyl (C=O) groups excluding carboxylic acids is 1. The largest absolute Gasteiger partial charge is 0.393 e. The predicted octanol–water partition coefficient (Wildman–Crippen LogP) is 3.70. The van der Waals surface area contributed by atoms with Crippen molar-refractivity contribution in [2.45, 2.75) is 77.6 Å². The molecule has 0 bridgehead atoms. The summed E-state index contributed by atoms with van der Waals surface area (Å²) in [6.45, 7) is 2.82. The molecule has 0 radical (unpaired) electrons. The lowest BCUT2D eigenvalue weighted by atomic mass is 10.1. The fourth-order valence-corrected chi connectivity index (χ4v) is 2.11. The number of nitrogens with one attached hydrogen (secondary N) is 1. The molecule has 0 aromatic heterocycles. The van der Waals surface area contributed by atoms with Gasteiger partial charge in [0, 0.05) is 19.4 Å². The standard InChI is InChI=1S/C15H30N2OS/c1-2-3-4-5-6-7-8-9-10-11-15(18)17-13-12-14(16)19/h2-13H2,1H3,(H2,16,19)(H,17,18). The zero-order valence-electron chi connectivity index (χ0n) is 12.4. The van der Waals surface area contributed by atoms with Gasteiger partial charge >= 0.3 is 0 Å². The summed E-state index contributed by atoms with van der Waals surface area (Å²) in [6.07, 6.45) is 12.7. The Morgan fingerprint density at radius 1 is 0.947 bits per heavy atom. The van der Waals surface area contributed by atoms with Crippen molar-refractivity contribution >= 4 is 23.1 Å². The molecule has 0 rings (SSSR count). The molecule has 4 heteroatoms. The minimum atomic E-state index is 0.124.